The molecule has 154 valence electrons. The van der Waals surface area contributed by atoms with Crippen molar-refractivity contribution in [1.82, 2.24) is 0 Å². The van der Waals surface area contributed by atoms with Crippen molar-refractivity contribution >= 4 is 34.0 Å². The fourth-order valence-corrected chi connectivity index (χ4v) is 4.67. The van der Waals surface area contributed by atoms with Crippen LogP contribution in [0.15, 0.2) is 78.9 Å². The molecule has 29 heavy (non-hydrogen) atoms. The van der Waals surface area contributed by atoms with Gasteiger partial charge in [0, 0.05) is 0 Å². The lowest BCUT2D eigenvalue weighted by atomic mass is 10.2. The molecule has 0 radical (unpaired) electrons. The van der Waals surface area contributed by atoms with Crippen LogP contribution in [0.25, 0.3) is 0 Å². The van der Waals surface area contributed by atoms with E-state index in [1.54, 1.807) is 0 Å². The van der Waals surface area contributed by atoms with Crippen LogP contribution in [0.1, 0.15) is 11.1 Å². The van der Waals surface area contributed by atoms with E-state index in [2.05, 4.69) is 92.7 Å². The molecule has 0 heterocycles. The molecular formula is C21H20F3O3PS. The first-order chi connectivity index (χ1) is 13.5. The lowest BCUT2D eigenvalue weighted by Crippen LogP contribution is -2.21. The highest BCUT2D eigenvalue weighted by atomic mass is 32.2. The minimum atomic E-state index is -5.84. The Morgan fingerprint density at radius 3 is 1.31 bits per heavy atom. The summed E-state index contributed by atoms with van der Waals surface area (Å²) in [5.74, 6) is 0. The van der Waals surface area contributed by atoms with Gasteiger partial charge in [0.05, 0.1) is 0 Å². The van der Waals surface area contributed by atoms with Crippen LogP contribution in [-0.2, 0) is 10.1 Å². The molecule has 0 aliphatic carbocycles. The van der Waals surface area contributed by atoms with E-state index in [4.69, 9.17) is 13.0 Å². The summed E-state index contributed by atoms with van der Waals surface area (Å²) in [5, 5.41) is 4.22. The van der Waals surface area contributed by atoms with E-state index in [0.29, 0.717) is 0 Å². The second-order valence-corrected chi connectivity index (χ2v) is 9.90. The molecule has 0 bridgehead atoms. The summed E-state index contributed by atoms with van der Waals surface area (Å²) >= 11 is 0. The average molecular weight is 440 g/mol. The van der Waals surface area contributed by atoms with Crippen LogP contribution in [0.5, 0.6) is 0 Å². The Balaban J connectivity index is 0.000000321. The quantitative estimate of drug-likeness (QED) is 0.372. The maximum absolute atomic E-state index is 10.7. The molecule has 0 aliphatic rings. The Labute approximate surface area is 169 Å². The van der Waals surface area contributed by atoms with Gasteiger partial charge in [-0.3, -0.25) is 4.55 Å². The van der Waals surface area contributed by atoms with Gasteiger partial charge in [0.25, 0.3) is 0 Å². The molecule has 3 aromatic carbocycles. The van der Waals surface area contributed by atoms with E-state index in [1.807, 2.05) is 0 Å². The average Bonchev–Trinajstić information content (AvgIpc) is 2.65. The number of hydrogen-bond acceptors (Lipinski definition) is 2. The topological polar surface area (TPSA) is 54.4 Å². The normalized spacial score (nSPS) is 11.7. The molecule has 0 unspecified atom stereocenters. The SMILES string of the molecule is Cc1ccc(P(c2ccccc2)c2ccc(C)cc2)cc1.O=S(=O)(O)C(F)(F)F. The van der Waals surface area contributed by atoms with Gasteiger partial charge in [-0.15, -0.1) is 0 Å². The zero-order valence-corrected chi connectivity index (χ0v) is 17.5. The summed E-state index contributed by atoms with van der Waals surface area (Å²) < 4.78 is 57.5. The van der Waals surface area contributed by atoms with Crippen molar-refractivity contribution in [1.29, 1.82) is 0 Å². The number of rotatable bonds is 3. The minimum Gasteiger partial charge on any atom is -0.279 e. The van der Waals surface area contributed by atoms with Crippen molar-refractivity contribution < 1.29 is 26.1 Å². The van der Waals surface area contributed by atoms with Crippen molar-refractivity contribution in [2.45, 2.75) is 19.4 Å². The van der Waals surface area contributed by atoms with E-state index in [9.17, 15) is 13.2 Å². The van der Waals surface area contributed by atoms with Crippen molar-refractivity contribution in [3.05, 3.63) is 90.0 Å². The fourth-order valence-electron chi connectivity index (χ4n) is 2.41. The second kappa shape index (κ2) is 9.53. The van der Waals surface area contributed by atoms with Crippen molar-refractivity contribution in [2.75, 3.05) is 0 Å². The van der Waals surface area contributed by atoms with E-state index in [-0.39, 0.29) is 0 Å². The molecule has 0 saturated heterocycles. The Morgan fingerprint density at radius 2 is 1.00 bits per heavy atom. The molecule has 0 fully saturated rings. The molecule has 0 saturated carbocycles. The molecule has 8 heteroatoms. The van der Waals surface area contributed by atoms with Crippen LogP contribution in [0, 0.1) is 13.8 Å². The molecular weight excluding hydrogens is 420 g/mol. The Morgan fingerprint density at radius 1 is 0.690 bits per heavy atom. The van der Waals surface area contributed by atoms with Gasteiger partial charge >= 0.3 is 15.6 Å². The molecule has 3 rings (SSSR count). The maximum Gasteiger partial charge on any atom is 0.522 e. The van der Waals surface area contributed by atoms with Gasteiger partial charge in [-0.1, -0.05) is 90.0 Å². The zero-order chi connectivity index (χ0) is 21.7. The van der Waals surface area contributed by atoms with Crippen molar-refractivity contribution in [3.63, 3.8) is 0 Å². The summed E-state index contributed by atoms with van der Waals surface area (Å²) in [6.45, 7) is 4.28. The first kappa shape index (κ1) is 23.1. The standard InChI is InChI=1S/C20H19P.CHF3O3S/c1-16-8-12-19(13-9-16)21(18-6-4-3-5-7-18)20-14-10-17(2)11-15-20;2-1(3,4)8(5,6)7/h3-15H,1-2H3;(H,5,6,7). The van der Waals surface area contributed by atoms with Crippen LogP contribution < -0.4 is 15.9 Å². The predicted molar refractivity (Wildman–Crippen MR) is 112 cm³/mol. The Bertz CT molecular complexity index is 972. The summed E-state index contributed by atoms with van der Waals surface area (Å²) in [5.41, 5.74) is -2.91. The van der Waals surface area contributed by atoms with E-state index < -0.39 is 23.5 Å². The fraction of sp³-hybridized carbons (Fsp3) is 0.143. The second-order valence-electron chi connectivity index (χ2n) is 6.26. The van der Waals surface area contributed by atoms with Crippen molar-refractivity contribution in [3.8, 4) is 0 Å². The van der Waals surface area contributed by atoms with Gasteiger partial charge in [-0.05, 0) is 37.7 Å². The first-order valence-electron chi connectivity index (χ1n) is 8.51. The Kier molecular flexibility index (Phi) is 7.58. The number of alkyl halides is 3. The summed E-state index contributed by atoms with van der Waals surface area (Å²) in [6, 6.07) is 28.8. The van der Waals surface area contributed by atoms with Gasteiger partial charge in [0.2, 0.25) is 0 Å². The molecule has 3 aromatic rings. The van der Waals surface area contributed by atoms with Gasteiger partial charge in [-0.2, -0.15) is 21.6 Å². The number of hydrogen-bond donors (Lipinski definition) is 1. The lowest BCUT2D eigenvalue weighted by Gasteiger charge is -2.19. The van der Waals surface area contributed by atoms with Crippen molar-refractivity contribution in [2.24, 2.45) is 0 Å². The third-order valence-electron chi connectivity index (χ3n) is 3.89. The van der Waals surface area contributed by atoms with Crippen LogP contribution in [0.4, 0.5) is 13.2 Å². The monoisotopic (exact) mass is 440 g/mol. The lowest BCUT2D eigenvalue weighted by molar-refractivity contribution is -0.0510. The molecule has 0 aliphatic heterocycles. The van der Waals surface area contributed by atoms with Gasteiger partial charge in [0.15, 0.2) is 0 Å². The summed E-state index contributed by atoms with van der Waals surface area (Å²) in [7, 11) is -6.31. The summed E-state index contributed by atoms with van der Waals surface area (Å²) in [4.78, 5) is 0. The largest absolute Gasteiger partial charge is 0.522 e. The maximum atomic E-state index is 10.7. The van der Waals surface area contributed by atoms with Gasteiger partial charge in [0.1, 0.15) is 0 Å². The summed E-state index contributed by atoms with van der Waals surface area (Å²) in [6.07, 6.45) is 0. The van der Waals surface area contributed by atoms with E-state index >= 15 is 0 Å². The number of aryl methyl sites for hydroxylation is 2. The first-order valence-corrected chi connectivity index (χ1v) is 11.3. The smallest absolute Gasteiger partial charge is 0.279 e. The highest BCUT2D eigenvalue weighted by molar-refractivity contribution is 7.86. The van der Waals surface area contributed by atoms with Crippen LogP contribution >= 0.6 is 7.92 Å². The molecule has 0 spiro atoms. The molecule has 1 N–H and O–H groups in total. The molecule has 3 nitrogen and oxygen atoms in total. The number of halogens is 3. The van der Waals surface area contributed by atoms with E-state index in [0.717, 1.165) is 0 Å². The molecule has 0 amide bonds. The third-order valence-corrected chi connectivity index (χ3v) is 6.92. The third kappa shape index (κ3) is 6.67. The van der Waals surface area contributed by atoms with Gasteiger partial charge in [-0.25, -0.2) is 0 Å². The molecule has 0 atom stereocenters. The number of benzene rings is 3. The highest BCUT2D eigenvalue weighted by Gasteiger charge is 2.44. The van der Waals surface area contributed by atoms with E-state index in [1.165, 1.54) is 27.0 Å². The van der Waals surface area contributed by atoms with Crippen LogP contribution in [0.2, 0.25) is 0 Å². The highest BCUT2D eigenvalue weighted by Crippen LogP contribution is 2.32. The minimum absolute atomic E-state index is 0.471. The van der Waals surface area contributed by atoms with Crippen LogP contribution in [0.3, 0.4) is 0 Å². The van der Waals surface area contributed by atoms with Crippen LogP contribution in [-0.4, -0.2) is 18.5 Å². The predicted octanol–water partition coefficient (Wildman–Crippen LogP) is 4.46. The zero-order valence-electron chi connectivity index (χ0n) is 15.8. The molecule has 0 aromatic heterocycles. The van der Waals surface area contributed by atoms with Gasteiger partial charge < -0.3 is 0 Å². The Hall–Kier alpha value is -2.21.